The first kappa shape index (κ1) is 14.9. The summed E-state index contributed by atoms with van der Waals surface area (Å²) in [5.41, 5.74) is 1.11. The fraction of sp³-hybridized carbons (Fsp3) is 0.538. The molecule has 0 aromatic carbocycles. The summed E-state index contributed by atoms with van der Waals surface area (Å²) in [6.45, 7) is 6.33. The van der Waals surface area contributed by atoms with Crippen molar-refractivity contribution >= 4 is 34.3 Å². The van der Waals surface area contributed by atoms with E-state index in [4.69, 9.17) is 11.6 Å². The van der Waals surface area contributed by atoms with Crippen LogP contribution in [0.1, 0.15) is 30.3 Å². The molecule has 3 nitrogen and oxygen atoms in total. The predicted octanol–water partition coefficient (Wildman–Crippen LogP) is 4.16. The number of halogens is 1. The third-order valence-electron chi connectivity index (χ3n) is 2.73. The van der Waals surface area contributed by atoms with Crippen LogP contribution in [0, 0.1) is 6.92 Å². The average Bonchev–Trinajstić information content (AvgIpc) is 2.98. The van der Waals surface area contributed by atoms with Gasteiger partial charge < -0.3 is 5.32 Å². The SMILES string of the molecule is CCCNCCCc1nnc(-c2scc(C)c2Cl)s1. The third kappa shape index (κ3) is 3.99. The average molecular weight is 316 g/mol. The largest absolute Gasteiger partial charge is 0.317 e. The van der Waals surface area contributed by atoms with Crippen LogP contribution in [-0.4, -0.2) is 23.3 Å². The van der Waals surface area contributed by atoms with Gasteiger partial charge in [-0.05, 0) is 43.8 Å². The number of rotatable bonds is 7. The number of nitrogens with zero attached hydrogens (tertiary/aromatic N) is 2. The standard InChI is InChI=1S/C13H18ClN3S2/c1-3-6-15-7-4-5-10-16-17-13(19-10)12-11(14)9(2)8-18-12/h8,15H,3-7H2,1-2H3. The molecule has 0 amide bonds. The van der Waals surface area contributed by atoms with Crippen molar-refractivity contribution in [2.24, 2.45) is 0 Å². The van der Waals surface area contributed by atoms with Gasteiger partial charge >= 0.3 is 0 Å². The highest BCUT2D eigenvalue weighted by Gasteiger charge is 2.13. The van der Waals surface area contributed by atoms with E-state index in [1.54, 1.807) is 22.7 Å². The van der Waals surface area contributed by atoms with Gasteiger partial charge in [0.15, 0.2) is 5.01 Å². The molecule has 0 saturated heterocycles. The summed E-state index contributed by atoms with van der Waals surface area (Å²) in [5, 5.41) is 16.8. The van der Waals surface area contributed by atoms with Gasteiger partial charge in [0.25, 0.3) is 0 Å². The molecule has 2 rings (SSSR count). The van der Waals surface area contributed by atoms with Gasteiger partial charge in [-0.15, -0.1) is 21.5 Å². The Morgan fingerprint density at radius 1 is 1.32 bits per heavy atom. The van der Waals surface area contributed by atoms with Crippen molar-refractivity contribution in [1.82, 2.24) is 15.5 Å². The van der Waals surface area contributed by atoms with Gasteiger partial charge in [-0.25, -0.2) is 0 Å². The van der Waals surface area contributed by atoms with E-state index in [0.29, 0.717) is 0 Å². The number of hydrogen-bond acceptors (Lipinski definition) is 5. The lowest BCUT2D eigenvalue weighted by Crippen LogP contribution is -2.16. The molecule has 0 spiro atoms. The molecule has 0 bridgehead atoms. The summed E-state index contributed by atoms with van der Waals surface area (Å²) in [5.74, 6) is 0. The summed E-state index contributed by atoms with van der Waals surface area (Å²) in [6, 6.07) is 0. The van der Waals surface area contributed by atoms with Crippen LogP contribution in [0.25, 0.3) is 9.88 Å². The smallest absolute Gasteiger partial charge is 0.159 e. The lowest BCUT2D eigenvalue weighted by Gasteiger charge is -1.99. The molecule has 104 valence electrons. The topological polar surface area (TPSA) is 37.8 Å². The van der Waals surface area contributed by atoms with E-state index < -0.39 is 0 Å². The first-order valence-electron chi connectivity index (χ1n) is 6.49. The monoisotopic (exact) mass is 315 g/mol. The van der Waals surface area contributed by atoms with Crippen molar-refractivity contribution in [1.29, 1.82) is 0 Å². The minimum atomic E-state index is 0.817. The lowest BCUT2D eigenvalue weighted by atomic mass is 10.3. The second-order valence-corrected chi connectivity index (χ2v) is 6.74. The van der Waals surface area contributed by atoms with Gasteiger partial charge in [-0.1, -0.05) is 29.9 Å². The molecule has 2 heterocycles. The Labute approximate surface area is 127 Å². The molecular weight excluding hydrogens is 298 g/mol. The molecule has 1 N–H and O–H groups in total. The molecule has 0 unspecified atom stereocenters. The molecule has 0 radical (unpaired) electrons. The minimum absolute atomic E-state index is 0.817. The van der Waals surface area contributed by atoms with Crippen LogP contribution in [-0.2, 0) is 6.42 Å². The van der Waals surface area contributed by atoms with Crippen LogP contribution >= 0.6 is 34.3 Å². The minimum Gasteiger partial charge on any atom is -0.317 e. The van der Waals surface area contributed by atoms with E-state index in [-0.39, 0.29) is 0 Å². The molecule has 0 fully saturated rings. The molecule has 2 aromatic heterocycles. The Bertz CT molecular complexity index is 522. The molecule has 0 saturated carbocycles. The Kier molecular flexibility index (Phi) is 5.76. The summed E-state index contributed by atoms with van der Waals surface area (Å²) in [6.07, 6.45) is 3.27. The number of nitrogens with one attached hydrogen (secondary N) is 1. The van der Waals surface area contributed by atoms with Crippen molar-refractivity contribution in [3.63, 3.8) is 0 Å². The van der Waals surface area contributed by atoms with E-state index in [2.05, 4.69) is 27.8 Å². The van der Waals surface area contributed by atoms with Crippen molar-refractivity contribution in [2.45, 2.75) is 33.1 Å². The molecule has 6 heteroatoms. The van der Waals surface area contributed by atoms with Gasteiger partial charge in [-0.3, -0.25) is 0 Å². The van der Waals surface area contributed by atoms with Crippen LogP contribution < -0.4 is 5.32 Å². The van der Waals surface area contributed by atoms with E-state index in [9.17, 15) is 0 Å². The second kappa shape index (κ2) is 7.33. The van der Waals surface area contributed by atoms with Crippen LogP contribution in [0.3, 0.4) is 0 Å². The zero-order valence-electron chi connectivity index (χ0n) is 11.2. The summed E-state index contributed by atoms with van der Waals surface area (Å²) in [7, 11) is 0. The molecular formula is C13H18ClN3S2. The van der Waals surface area contributed by atoms with Crippen molar-refractivity contribution in [3.8, 4) is 9.88 Å². The summed E-state index contributed by atoms with van der Waals surface area (Å²) in [4.78, 5) is 1.05. The van der Waals surface area contributed by atoms with Crippen LogP contribution in [0.2, 0.25) is 5.02 Å². The number of aromatic nitrogens is 2. The Hall–Kier alpha value is -0.490. The van der Waals surface area contributed by atoms with Crippen molar-refractivity contribution in [3.05, 3.63) is 21.0 Å². The summed E-state index contributed by atoms with van der Waals surface area (Å²) < 4.78 is 0. The number of hydrogen-bond donors (Lipinski definition) is 1. The third-order valence-corrected chi connectivity index (χ3v) is 5.56. The lowest BCUT2D eigenvalue weighted by molar-refractivity contribution is 0.637. The zero-order chi connectivity index (χ0) is 13.7. The molecule has 0 atom stereocenters. The van der Waals surface area contributed by atoms with Gasteiger partial charge in [0, 0.05) is 6.42 Å². The predicted molar refractivity (Wildman–Crippen MR) is 84.5 cm³/mol. The molecule has 19 heavy (non-hydrogen) atoms. The normalized spacial score (nSPS) is 11.1. The summed E-state index contributed by atoms with van der Waals surface area (Å²) >= 11 is 9.55. The molecule has 2 aromatic rings. The molecule has 0 aliphatic heterocycles. The first-order chi connectivity index (χ1) is 9.22. The molecule has 0 aliphatic carbocycles. The first-order valence-corrected chi connectivity index (χ1v) is 8.56. The van der Waals surface area contributed by atoms with Crippen LogP contribution in [0.4, 0.5) is 0 Å². The van der Waals surface area contributed by atoms with E-state index in [1.165, 1.54) is 6.42 Å². The maximum atomic E-state index is 6.25. The van der Waals surface area contributed by atoms with Gasteiger partial charge in [0.2, 0.25) is 0 Å². The van der Waals surface area contributed by atoms with Crippen molar-refractivity contribution in [2.75, 3.05) is 13.1 Å². The maximum Gasteiger partial charge on any atom is 0.159 e. The van der Waals surface area contributed by atoms with Gasteiger partial charge in [-0.2, -0.15) is 0 Å². The molecule has 0 aliphatic rings. The van der Waals surface area contributed by atoms with E-state index in [1.807, 2.05) is 6.92 Å². The van der Waals surface area contributed by atoms with E-state index >= 15 is 0 Å². The van der Waals surface area contributed by atoms with Crippen LogP contribution in [0.15, 0.2) is 5.38 Å². The Balaban J connectivity index is 1.90. The fourth-order valence-electron chi connectivity index (χ4n) is 1.69. The quantitative estimate of drug-likeness (QED) is 0.780. The highest BCUT2D eigenvalue weighted by Crippen LogP contribution is 2.37. The van der Waals surface area contributed by atoms with Gasteiger partial charge in [0.05, 0.1) is 9.90 Å². The second-order valence-electron chi connectivity index (χ2n) is 4.42. The van der Waals surface area contributed by atoms with Gasteiger partial charge in [0.1, 0.15) is 5.01 Å². The number of thiophene rings is 1. The van der Waals surface area contributed by atoms with Crippen LogP contribution in [0.5, 0.6) is 0 Å². The Morgan fingerprint density at radius 2 is 2.16 bits per heavy atom. The van der Waals surface area contributed by atoms with Crippen molar-refractivity contribution < 1.29 is 0 Å². The number of aryl methyl sites for hydroxylation is 2. The maximum absolute atomic E-state index is 6.25. The van der Waals surface area contributed by atoms with E-state index in [0.717, 1.165) is 51.4 Å². The highest BCUT2D eigenvalue weighted by atomic mass is 35.5. The zero-order valence-corrected chi connectivity index (χ0v) is 13.6. The Morgan fingerprint density at radius 3 is 2.84 bits per heavy atom. The highest BCUT2D eigenvalue weighted by molar-refractivity contribution is 7.21. The fourth-order valence-corrected chi connectivity index (χ4v) is 4.00.